The van der Waals surface area contributed by atoms with E-state index in [2.05, 4.69) is 34.4 Å². The fraction of sp³-hybridized carbons (Fsp3) is 0.500. The van der Waals surface area contributed by atoms with Crippen molar-refractivity contribution in [2.75, 3.05) is 18.9 Å². The van der Waals surface area contributed by atoms with Crippen molar-refractivity contribution in [3.8, 4) is 0 Å². The van der Waals surface area contributed by atoms with Gasteiger partial charge in [0.25, 0.3) is 5.56 Å². The topological polar surface area (TPSA) is 274 Å². The molecule has 0 spiro atoms. The molecule has 2 aliphatic heterocycles. The lowest BCUT2D eigenvalue weighted by atomic mass is 10.2. The first-order valence-electron chi connectivity index (χ1n) is 12.5. The van der Waals surface area contributed by atoms with Crippen molar-refractivity contribution in [1.29, 1.82) is 0 Å². The van der Waals surface area contributed by atoms with Crippen LogP contribution in [0, 0.1) is 0 Å². The minimum absolute atomic E-state index is 0.0270. The number of imidazole rings is 2. The van der Waals surface area contributed by atoms with Gasteiger partial charge in [0.1, 0.15) is 36.5 Å². The minimum Gasteiger partial charge on any atom is -0.382 e. The highest BCUT2D eigenvalue weighted by Crippen LogP contribution is 2.50. The number of nitrogens with two attached hydrogens (primary N) is 1. The first kappa shape index (κ1) is 28.9. The molecule has 0 saturated carbocycles. The second kappa shape index (κ2) is 11.2. The van der Waals surface area contributed by atoms with Gasteiger partial charge in [-0.3, -0.25) is 27.5 Å². The van der Waals surface area contributed by atoms with Crippen molar-refractivity contribution >= 4 is 43.8 Å². The Morgan fingerprint density at radius 2 is 1.69 bits per heavy atom. The summed E-state index contributed by atoms with van der Waals surface area (Å²) in [5.41, 5.74) is 6.44. The third-order valence-corrected chi connectivity index (χ3v) is 8.24. The Balaban J connectivity index is 1.11. The van der Waals surface area contributed by atoms with E-state index >= 15 is 0 Å². The fourth-order valence-corrected chi connectivity index (χ4v) is 6.17. The number of phosphoric acid groups is 2. The Morgan fingerprint density at radius 1 is 0.952 bits per heavy atom. The van der Waals surface area contributed by atoms with Crippen LogP contribution in [0.4, 0.5) is 5.82 Å². The predicted octanol–water partition coefficient (Wildman–Crippen LogP) is 0.118. The standard InChI is InChI=1S/C20H25N9O11P2/c21-17-15-18(23-6-22-17)28(8-26-15)13-2-1-10(38-13)4-37-42(34,35)40-11-3-14(39-12(11)5-36-41(31,32)33)29-9-27-16-19(29)24-7-25-20(16)30/h6-14H,1-5H2,(H,34,35)(H2,21,22,23)(H,24,25,30)(H2,31,32,33)/t10?,11-,12?,13?,14?/m0/s1. The Bertz CT molecular complexity index is 1760. The van der Waals surface area contributed by atoms with Gasteiger partial charge in [-0.05, 0) is 12.8 Å². The summed E-state index contributed by atoms with van der Waals surface area (Å²) in [6.45, 7) is -0.972. The van der Waals surface area contributed by atoms with Gasteiger partial charge in [0.15, 0.2) is 22.6 Å². The molecule has 6 heterocycles. The maximum absolute atomic E-state index is 12.9. The van der Waals surface area contributed by atoms with Gasteiger partial charge in [0, 0.05) is 6.42 Å². The molecule has 6 rings (SSSR count). The third kappa shape index (κ3) is 6.00. The molecule has 226 valence electrons. The molecule has 2 saturated heterocycles. The normalized spacial score (nSPS) is 26.3. The summed E-state index contributed by atoms with van der Waals surface area (Å²) >= 11 is 0. The smallest absolute Gasteiger partial charge is 0.382 e. The lowest BCUT2D eigenvalue weighted by molar-refractivity contribution is -0.0476. The van der Waals surface area contributed by atoms with E-state index in [0.717, 1.165) is 0 Å². The average molecular weight is 629 g/mol. The zero-order valence-corrected chi connectivity index (χ0v) is 23.2. The molecule has 0 aliphatic carbocycles. The molecule has 0 radical (unpaired) electrons. The minimum atomic E-state index is -4.91. The predicted molar refractivity (Wildman–Crippen MR) is 138 cm³/mol. The van der Waals surface area contributed by atoms with Crippen molar-refractivity contribution in [1.82, 2.24) is 39.0 Å². The number of ether oxygens (including phenoxy) is 2. The van der Waals surface area contributed by atoms with E-state index in [1.165, 1.54) is 29.9 Å². The van der Waals surface area contributed by atoms with Crippen molar-refractivity contribution in [3.63, 3.8) is 0 Å². The Labute approximate surface area is 234 Å². The number of nitrogen functional groups attached to an aromatic ring is 1. The molecular formula is C20H25N9O11P2. The first-order valence-corrected chi connectivity index (χ1v) is 15.5. The number of hydrogen-bond acceptors (Lipinski definition) is 14. The summed E-state index contributed by atoms with van der Waals surface area (Å²) in [7, 11) is -9.65. The van der Waals surface area contributed by atoms with Crippen LogP contribution in [0.25, 0.3) is 22.3 Å². The highest BCUT2D eigenvalue weighted by molar-refractivity contribution is 7.47. The van der Waals surface area contributed by atoms with Gasteiger partial charge in [-0.1, -0.05) is 0 Å². The summed E-state index contributed by atoms with van der Waals surface area (Å²) in [5.74, 6) is 0.226. The molecule has 0 aromatic carbocycles. The van der Waals surface area contributed by atoms with Crippen LogP contribution in [0.5, 0.6) is 0 Å². The van der Waals surface area contributed by atoms with Gasteiger partial charge in [0.05, 0.1) is 38.3 Å². The molecule has 2 fully saturated rings. The van der Waals surface area contributed by atoms with E-state index in [4.69, 9.17) is 34.0 Å². The zero-order chi connectivity index (χ0) is 29.6. The van der Waals surface area contributed by atoms with Gasteiger partial charge < -0.3 is 34.9 Å². The fourth-order valence-electron chi connectivity index (χ4n) is 4.85. The van der Waals surface area contributed by atoms with Crippen LogP contribution in [0.3, 0.4) is 0 Å². The number of aromatic nitrogens is 8. The van der Waals surface area contributed by atoms with E-state index in [1.807, 2.05) is 0 Å². The monoisotopic (exact) mass is 629 g/mol. The summed E-state index contributed by atoms with van der Waals surface area (Å²) in [6.07, 6.45) is 1.83. The van der Waals surface area contributed by atoms with Crippen molar-refractivity contribution < 1.29 is 46.9 Å². The van der Waals surface area contributed by atoms with Crippen molar-refractivity contribution in [2.45, 2.75) is 50.0 Å². The molecule has 22 heteroatoms. The first-order chi connectivity index (χ1) is 20.0. The molecule has 4 aromatic rings. The average Bonchev–Trinajstić information content (AvgIpc) is 3.71. The number of H-pyrrole nitrogens is 1. The van der Waals surface area contributed by atoms with E-state index in [9.17, 15) is 18.8 Å². The van der Waals surface area contributed by atoms with Crippen LogP contribution >= 0.6 is 15.6 Å². The lowest BCUT2D eigenvalue weighted by Crippen LogP contribution is -2.28. The SMILES string of the molecule is Nc1ncnc2c1ncn2C1CCC(COP(=O)(O)O[C@H]2CC(n3cnc4c(=O)[nH]cnc43)OC2COP(=O)(O)O)O1. The second-order valence-electron chi connectivity index (χ2n) is 9.49. The van der Waals surface area contributed by atoms with Gasteiger partial charge in [-0.15, -0.1) is 0 Å². The van der Waals surface area contributed by atoms with E-state index in [1.54, 1.807) is 4.57 Å². The Kier molecular flexibility index (Phi) is 7.69. The molecule has 5 unspecified atom stereocenters. The number of aromatic amines is 1. The van der Waals surface area contributed by atoms with Crippen LogP contribution < -0.4 is 11.3 Å². The highest BCUT2D eigenvalue weighted by Gasteiger charge is 2.43. The van der Waals surface area contributed by atoms with Crippen LogP contribution in [-0.2, 0) is 32.2 Å². The van der Waals surface area contributed by atoms with Gasteiger partial charge in [-0.25, -0.2) is 34.0 Å². The van der Waals surface area contributed by atoms with E-state index < -0.39 is 58.6 Å². The van der Waals surface area contributed by atoms with Gasteiger partial charge in [0.2, 0.25) is 0 Å². The number of fused-ring (bicyclic) bond motifs is 2. The number of hydrogen-bond donors (Lipinski definition) is 5. The molecule has 2 aliphatic rings. The van der Waals surface area contributed by atoms with Crippen LogP contribution in [0.15, 0.2) is 30.1 Å². The number of anilines is 1. The number of nitrogens with zero attached hydrogens (tertiary/aromatic N) is 7. The maximum atomic E-state index is 12.9. The van der Waals surface area contributed by atoms with Crippen LogP contribution in [0.1, 0.15) is 31.7 Å². The molecule has 42 heavy (non-hydrogen) atoms. The molecule has 0 amide bonds. The zero-order valence-electron chi connectivity index (χ0n) is 21.4. The summed E-state index contributed by atoms with van der Waals surface area (Å²) < 4.78 is 54.3. The Morgan fingerprint density at radius 3 is 2.48 bits per heavy atom. The number of nitrogens with one attached hydrogen (secondary N) is 1. The molecule has 4 aromatic heterocycles. The number of rotatable bonds is 10. The van der Waals surface area contributed by atoms with Gasteiger partial charge >= 0.3 is 15.6 Å². The lowest BCUT2D eigenvalue weighted by Gasteiger charge is -2.22. The Hall–Kier alpha value is -3.16. The van der Waals surface area contributed by atoms with Crippen molar-refractivity contribution in [2.24, 2.45) is 0 Å². The number of phosphoric ester groups is 2. The summed E-state index contributed by atoms with van der Waals surface area (Å²) in [6, 6.07) is 0. The molecule has 6 N–H and O–H groups in total. The second-order valence-corrected chi connectivity index (χ2v) is 12.1. The maximum Gasteiger partial charge on any atom is 0.472 e. The quantitative estimate of drug-likeness (QED) is 0.146. The largest absolute Gasteiger partial charge is 0.472 e. The molecule has 6 atom stereocenters. The highest BCUT2D eigenvalue weighted by atomic mass is 31.2. The van der Waals surface area contributed by atoms with Crippen LogP contribution in [-0.4, -0.2) is 85.2 Å². The third-order valence-electron chi connectivity index (χ3n) is 6.74. The van der Waals surface area contributed by atoms with E-state index in [0.29, 0.717) is 24.0 Å². The molecule has 0 bridgehead atoms. The van der Waals surface area contributed by atoms with E-state index in [-0.39, 0.29) is 30.0 Å². The molecule has 20 nitrogen and oxygen atoms in total. The molecular weight excluding hydrogens is 604 g/mol. The van der Waals surface area contributed by atoms with Crippen LogP contribution in [0.2, 0.25) is 0 Å². The van der Waals surface area contributed by atoms with Gasteiger partial charge in [-0.2, -0.15) is 0 Å². The van der Waals surface area contributed by atoms with Crippen molar-refractivity contribution in [3.05, 3.63) is 35.7 Å². The summed E-state index contributed by atoms with van der Waals surface area (Å²) in [5, 5.41) is 0. The summed E-state index contributed by atoms with van der Waals surface area (Å²) in [4.78, 5) is 63.6.